The van der Waals surface area contributed by atoms with Crippen LogP contribution in [0.2, 0.25) is 0 Å². The van der Waals surface area contributed by atoms with Gasteiger partial charge in [0.1, 0.15) is 0 Å². The Bertz CT molecular complexity index is 831. The quantitative estimate of drug-likeness (QED) is 0.680. The Morgan fingerprint density at radius 2 is 1.87 bits per heavy atom. The van der Waals surface area contributed by atoms with Crippen LogP contribution in [0.4, 0.5) is 5.69 Å². The SMILES string of the molecule is O=C(O)c1cccc(N2C(=O)C(=Cc3ccccc3)SC2=S)c1. The molecule has 1 saturated heterocycles. The lowest BCUT2D eigenvalue weighted by Crippen LogP contribution is -2.27. The highest BCUT2D eigenvalue weighted by Gasteiger charge is 2.33. The van der Waals surface area contributed by atoms with Crippen molar-refractivity contribution in [2.24, 2.45) is 0 Å². The van der Waals surface area contributed by atoms with E-state index in [1.54, 1.807) is 18.2 Å². The number of thiocarbonyl (C=S) groups is 1. The maximum absolute atomic E-state index is 12.6. The molecule has 0 aliphatic carbocycles. The van der Waals surface area contributed by atoms with Crippen molar-refractivity contribution in [3.8, 4) is 0 Å². The van der Waals surface area contributed by atoms with E-state index in [-0.39, 0.29) is 11.5 Å². The molecular formula is C17H11NO3S2. The van der Waals surface area contributed by atoms with Crippen molar-refractivity contribution in [2.75, 3.05) is 4.90 Å². The molecule has 1 fully saturated rings. The number of benzene rings is 2. The van der Waals surface area contributed by atoms with Crippen LogP contribution in [-0.4, -0.2) is 21.3 Å². The van der Waals surface area contributed by atoms with Crippen LogP contribution in [0.1, 0.15) is 15.9 Å². The van der Waals surface area contributed by atoms with Gasteiger partial charge in [-0.05, 0) is 29.8 Å². The van der Waals surface area contributed by atoms with Gasteiger partial charge in [-0.25, -0.2) is 4.79 Å². The molecule has 0 aromatic heterocycles. The lowest BCUT2D eigenvalue weighted by Gasteiger charge is -2.14. The fraction of sp³-hybridized carbons (Fsp3) is 0. The largest absolute Gasteiger partial charge is 0.478 e. The second-order valence-corrected chi connectivity index (χ2v) is 6.46. The second kappa shape index (κ2) is 6.36. The average molecular weight is 341 g/mol. The van der Waals surface area contributed by atoms with E-state index in [1.165, 1.54) is 28.8 Å². The number of nitrogens with zero attached hydrogens (tertiary/aromatic N) is 1. The number of carboxylic acid groups (broad SMARTS) is 1. The van der Waals surface area contributed by atoms with E-state index in [9.17, 15) is 9.59 Å². The molecule has 0 unspecified atom stereocenters. The summed E-state index contributed by atoms with van der Waals surface area (Å²) in [6, 6.07) is 15.7. The third-order valence-electron chi connectivity index (χ3n) is 3.24. The molecule has 0 atom stereocenters. The standard InChI is InChI=1S/C17H11NO3S2/c19-15-14(9-11-5-2-1-3-6-11)23-17(22)18(15)13-8-4-7-12(10-13)16(20)21/h1-10H,(H,20,21). The predicted molar refractivity (Wildman–Crippen MR) is 95.5 cm³/mol. The van der Waals surface area contributed by atoms with Crippen LogP contribution < -0.4 is 4.90 Å². The van der Waals surface area contributed by atoms with Crippen molar-refractivity contribution in [3.05, 3.63) is 70.6 Å². The van der Waals surface area contributed by atoms with Crippen molar-refractivity contribution < 1.29 is 14.7 Å². The summed E-state index contributed by atoms with van der Waals surface area (Å²) in [6.45, 7) is 0. The van der Waals surface area contributed by atoms with Gasteiger partial charge in [0, 0.05) is 0 Å². The van der Waals surface area contributed by atoms with Crippen molar-refractivity contribution >= 4 is 51.9 Å². The van der Waals surface area contributed by atoms with E-state index in [0.29, 0.717) is 14.9 Å². The molecule has 0 bridgehead atoms. The highest BCUT2D eigenvalue weighted by atomic mass is 32.2. The topological polar surface area (TPSA) is 57.6 Å². The molecule has 23 heavy (non-hydrogen) atoms. The zero-order valence-electron chi connectivity index (χ0n) is 11.8. The summed E-state index contributed by atoms with van der Waals surface area (Å²) >= 11 is 6.49. The summed E-state index contributed by atoms with van der Waals surface area (Å²) in [5.74, 6) is -1.29. The fourth-order valence-electron chi connectivity index (χ4n) is 2.17. The summed E-state index contributed by atoms with van der Waals surface area (Å²) in [6.07, 6.45) is 1.78. The number of carbonyl (C=O) groups is 2. The Kier molecular flexibility index (Phi) is 4.27. The molecular weight excluding hydrogens is 330 g/mol. The van der Waals surface area contributed by atoms with Crippen LogP contribution >= 0.6 is 24.0 Å². The normalized spacial score (nSPS) is 16.2. The van der Waals surface area contributed by atoms with Crippen molar-refractivity contribution in [1.82, 2.24) is 0 Å². The molecule has 0 spiro atoms. The lowest BCUT2D eigenvalue weighted by atomic mass is 10.2. The molecule has 1 amide bonds. The summed E-state index contributed by atoms with van der Waals surface area (Å²) < 4.78 is 0.389. The van der Waals surface area contributed by atoms with Gasteiger partial charge in [-0.15, -0.1) is 0 Å². The minimum absolute atomic E-state index is 0.114. The average Bonchev–Trinajstić information content (AvgIpc) is 2.82. The monoisotopic (exact) mass is 341 g/mol. The molecule has 2 aromatic rings. The maximum Gasteiger partial charge on any atom is 0.335 e. The number of hydrogen-bond acceptors (Lipinski definition) is 4. The van der Waals surface area contributed by atoms with Gasteiger partial charge in [-0.3, -0.25) is 9.69 Å². The highest BCUT2D eigenvalue weighted by molar-refractivity contribution is 8.27. The zero-order valence-corrected chi connectivity index (χ0v) is 13.4. The number of aromatic carboxylic acids is 1. The van der Waals surface area contributed by atoms with E-state index in [4.69, 9.17) is 17.3 Å². The number of rotatable bonds is 3. The van der Waals surface area contributed by atoms with E-state index in [2.05, 4.69) is 0 Å². The number of amides is 1. The van der Waals surface area contributed by atoms with Gasteiger partial charge in [-0.2, -0.15) is 0 Å². The summed E-state index contributed by atoms with van der Waals surface area (Å²) in [5, 5.41) is 9.08. The minimum atomic E-state index is -1.04. The molecule has 0 radical (unpaired) electrons. The molecule has 114 valence electrons. The van der Waals surface area contributed by atoms with E-state index in [0.717, 1.165) is 5.56 Å². The van der Waals surface area contributed by atoms with Crippen LogP contribution in [0.5, 0.6) is 0 Å². The molecule has 2 aromatic carbocycles. The summed E-state index contributed by atoms with van der Waals surface area (Å²) in [4.78, 5) is 25.6. The number of carboxylic acids is 1. The number of thioether (sulfide) groups is 1. The Labute approximate surface area is 142 Å². The first-order valence-corrected chi connectivity index (χ1v) is 7.95. The lowest BCUT2D eigenvalue weighted by molar-refractivity contribution is -0.113. The van der Waals surface area contributed by atoms with Gasteiger partial charge in [0.25, 0.3) is 5.91 Å². The van der Waals surface area contributed by atoms with Crippen molar-refractivity contribution in [3.63, 3.8) is 0 Å². The van der Waals surface area contributed by atoms with Gasteiger partial charge in [0.15, 0.2) is 4.32 Å². The number of carbonyl (C=O) groups excluding carboxylic acids is 1. The first-order chi connectivity index (χ1) is 11.1. The van der Waals surface area contributed by atoms with E-state index >= 15 is 0 Å². The first-order valence-electron chi connectivity index (χ1n) is 6.72. The van der Waals surface area contributed by atoms with Crippen LogP contribution in [0.25, 0.3) is 6.08 Å². The van der Waals surface area contributed by atoms with Gasteiger partial charge in [0.2, 0.25) is 0 Å². The van der Waals surface area contributed by atoms with Crippen molar-refractivity contribution in [2.45, 2.75) is 0 Å². The first kappa shape index (κ1) is 15.5. The molecule has 0 saturated carbocycles. The molecule has 1 aliphatic rings. The van der Waals surface area contributed by atoms with Gasteiger partial charge in [0.05, 0.1) is 16.2 Å². The zero-order chi connectivity index (χ0) is 16.4. The second-order valence-electron chi connectivity index (χ2n) is 4.78. The third-order valence-corrected chi connectivity index (χ3v) is 4.54. The van der Waals surface area contributed by atoms with E-state index < -0.39 is 5.97 Å². The summed E-state index contributed by atoms with van der Waals surface area (Å²) in [7, 11) is 0. The molecule has 6 heteroatoms. The fourth-order valence-corrected chi connectivity index (χ4v) is 3.47. The Morgan fingerprint density at radius 3 is 2.57 bits per heavy atom. The molecule has 4 nitrogen and oxygen atoms in total. The molecule has 1 aliphatic heterocycles. The van der Waals surface area contributed by atoms with E-state index in [1.807, 2.05) is 30.3 Å². The Balaban J connectivity index is 1.95. The molecule has 1 N–H and O–H groups in total. The Morgan fingerprint density at radius 1 is 1.13 bits per heavy atom. The smallest absolute Gasteiger partial charge is 0.335 e. The van der Waals surface area contributed by atoms with Gasteiger partial charge >= 0.3 is 5.97 Å². The third kappa shape index (κ3) is 3.18. The predicted octanol–water partition coefficient (Wildman–Crippen LogP) is 3.79. The Hall–Kier alpha value is -2.44. The molecule has 1 heterocycles. The maximum atomic E-state index is 12.6. The van der Waals surface area contributed by atoms with Gasteiger partial charge < -0.3 is 5.11 Å². The highest BCUT2D eigenvalue weighted by Crippen LogP contribution is 2.36. The van der Waals surface area contributed by atoms with Crippen LogP contribution in [0.3, 0.4) is 0 Å². The minimum Gasteiger partial charge on any atom is -0.478 e. The van der Waals surface area contributed by atoms with Gasteiger partial charge in [-0.1, -0.05) is 60.4 Å². The summed E-state index contributed by atoms with van der Waals surface area (Å²) in [5.41, 5.74) is 1.49. The van der Waals surface area contributed by atoms with Crippen LogP contribution in [-0.2, 0) is 4.79 Å². The molecule has 3 rings (SSSR count). The van der Waals surface area contributed by atoms with Crippen molar-refractivity contribution in [1.29, 1.82) is 0 Å². The number of hydrogen-bond donors (Lipinski definition) is 1. The van der Waals surface area contributed by atoms with Crippen LogP contribution in [0.15, 0.2) is 59.5 Å². The van der Waals surface area contributed by atoms with Crippen LogP contribution in [0, 0.1) is 0 Å². The number of anilines is 1.